The molecule has 0 radical (unpaired) electrons. The predicted octanol–water partition coefficient (Wildman–Crippen LogP) is 1.25. The largest absolute Gasteiger partial charge is 0.325 e. The Morgan fingerprint density at radius 1 is 1.40 bits per heavy atom. The van der Waals surface area contributed by atoms with E-state index in [0.717, 1.165) is 5.56 Å². The van der Waals surface area contributed by atoms with Crippen molar-refractivity contribution in [1.82, 2.24) is 0 Å². The SMILES string of the molecule is O=C1Cc2cccc(CS(=O)(=O)Cl)c2N1. The summed E-state index contributed by atoms with van der Waals surface area (Å²) in [6.07, 6.45) is 0.297. The van der Waals surface area contributed by atoms with Gasteiger partial charge in [0.1, 0.15) is 0 Å². The second kappa shape index (κ2) is 3.50. The van der Waals surface area contributed by atoms with Crippen LogP contribution < -0.4 is 5.32 Å². The zero-order chi connectivity index (χ0) is 11.1. The maximum atomic E-state index is 11.1. The zero-order valence-corrected chi connectivity index (χ0v) is 9.23. The number of nitrogens with one attached hydrogen (secondary N) is 1. The first-order chi connectivity index (χ1) is 6.96. The molecule has 1 aromatic carbocycles. The normalized spacial score (nSPS) is 14.9. The lowest BCUT2D eigenvalue weighted by Gasteiger charge is -2.05. The minimum atomic E-state index is -3.60. The highest BCUT2D eigenvalue weighted by Crippen LogP contribution is 2.28. The summed E-state index contributed by atoms with van der Waals surface area (Å²) in [5.41, 5.74) is 1.94. The van der Waals surface area contributed by atoms with Gasteiger partial charge >= 0.3 is 0 Å². The molecule has 0 aliphatic carbocycles. The number of hydrogen-bond donors (Lipinski definition) is 1. The Kier molecular flexibility index (Phi) is 2.44. The van der Waals surface area contributed by atoms with Crippen molar-refractivity contribution >= 4 is 31.3 Å². The first kappa shape index (κ1) is 10.4. The van der Waals surface area contributed by atoms with Crippen molar-refractivity contribution < 1.29 is 13.2 Å². The van der Waals surface area contributed by atoms with Crippen LogP contribution in [0.5, 0.6) is 0 Å². The van der Waals surface area contributed by atoms with E-state index in [-0.39, 0.29) is 11.7 Å². The maximum absolute atomic E-state index is 11.1. The molecule has 80 valence electrons. The Bertz CT molecular complexity index is 524. The van der Waals surface area contributed by atoms with Gasteiger partial charge in [-0.2, -0.15) is 0 Å². The number of carbonyl (C=O) groups excluding carboxylic acids is 1. The molecule has 0 atom stereocenters. The number of benzene rings is 1. The van der Waals surface area contributed by atoms with E-state index in [2.05, 4.69) is 5.32 Å². The third-order valence-corrected chi connectivity index (χ3v) is 3.16. The average Bonchev–Trinajstić information content (AvgIpc) is 2.43. The molecule has 0 saturated carbocycles. The lowest BCUT2D eigenvalue weighted by Crippen LogP contribution is -2.06. The Hall–Kier alpha value is -1.07. The smallest absolute Gasteiger partial charge is 0.236 e. The molecular weight excluding hydrogens is 238 g/mol. The summed E-state index contributed by atoms with van der Waals surface area (Å²) < 4.78 is 21.9. The summed E-state index contributed by atoms with van der Waals surface area (Å²) in [6, 6.07) is 5.15. The Labute approximate surface area is 91.7 Å². The van der Waals surface area contributed by atoms with E-state index >= 15 is 0 Å². The quantitative estimate of drug-likeness (QED) is 0.798. The van der Waals surface area contributed by atoms with E-state index in [4.69, 9.17) is 10.7 Å². The van der Waals surface area contributed by atoms with Gasteiger partial charge in [-0.25, -0.2) is 8.42 Å². The van der Waals surface area contributed by atoms with Crippen LogP contribution >= 0.6 is 10.7 Å². The number of para-hydroxylation sites is 1. The van der Waals surface area contributed by atoms with Crippen LogP contribution in [0.4, 0.5) is 5.69 Å². The zero-order valence-electron chi connectivity index (χ0n) is 7.66. The molecule has 1 aliphatic rings. The lowest BCUT2D eigenvalue weighted by molar-refractivity contribution is -0.115. The summed E-state index contributed by atoms with van der Waals surface area (Å²) in [7, 11) is 1.57. The fourth-order valence-electron chi connectivity index (χ4n) is 1.62. The highest BCUT2D eigenvalue weighted by Gasteiger charge is 2.22. The molecular formula is C9H8ClNO3S. The van der Waals surface area contributed by atoms with Crippen molar-refractivity contribution in [1.29, 1.82) is 0 Å². The first-order valence-electron chi connectivity index (χ1n) is 4.29. The molecule has 0 aromatic heterocycles. The van der Waals surface area contributed by atoms with E-state index in [1.807, 2.05) is 0 Å². The number of hydrogen-bond acceptors (Lipinski definition) is 3. The van der Waals surface area contributed by atoms with Gasteiger partial charge < -0.3 is 5.32 Å². The van der Waals surface area contributed by atoms with Crippen molar-refractivity contribution in [2.24, 2.45) is 0 Å². The molecule has 6 heteroatoms. The number of amides is 1. The third-order valence-electron chi connectivity index (χ3n) is 2.18. The van der Waals surface area contributed by atoms with E-state index < -0.39 is 9.05 Å². The van der Waals surface area contributed by atoms with Gasteiger partial charge in [0.25, 0.3) is 0 Å². The number of fused-ring (bicyclic) bond motifs is 1. The van der Waals surface area contributed by atoms with Crippen molar-refractivity contribution in [3.05, 3.63) is 29.3 Å². The molecule has 0 unspecified atom stereocenters. The maximum Gasteiger partial charge on any atom is 0.236 e. The predicted molar refractivity (Wildman–Crippen MR) is 57.3 cm³/mol. The van der Waals surface area contributed by atoms with Crippen LogP contribution in [0.15, 0.2) is 18.2 Å². The van der Waals surface area contributed by atoms with Crippen LogP contribution in [0, 0.1) is 0 Å². The summed E-state index contributed by atoms with van der Waals surface area (Å²) in [6.45, 7) is 0. The number of carbonyl (C=O) groups is 1. The molecule has 1 amide bonds. The van der Waals surface area contributed by atoms with Crippen LogP contribution in [0.3, 0.4) is 0 Å². The van der Waals surface area contributed by atoms with E-state index in [0.29, 0.717) is 17.7 Å². The number of anilines is 1. The molecule has 0 bridgehead atoms. The molecule has 1 N–H and O–H groups in total. The third kappa shape index (κ3) is 2.30. The second-order valence-electron chi connectivity index (χ2n) is 3.36. The minimum Gasteiger partial charge on any atom is -0.325 e. The molecule has 0 spiro atoms. The summed E-state index contributed by atoms with van der Waals surface area (Å²) in [5.74, 6) is -0.387. The standard InChI is InChI=1S/C9H8ClNO3S/c10-15(13,14)5-7-3-1-2-6-4-8(12)11-9(6)7/h1-3H,4-5H2,(H,11,12). The van der Waals surface area contributed by atoms with Crippen molar-refractivity contribution in [3.63, 3.8) is 0 Å². The van der Waals surface area contributed by atoms with Crippen molar-refractivity contribution in [2.45, 2.75) is 12.2 Å². The fraction of sp³-hybridized carbons (Fsp3) is 0.222. The van der Waals surface area contributed by atoms with Crippen LogP contribution in [0.2, 0.25) is 0 Å². The summed E-state index contributed by atoms with van der Waals surface area (Å²) >= 11 is 0. The monoisotopic (exact) mass is 245 g/mol. The molecule has 2 rings (SSSR count). The lowest BCUT2D eigenvalue weighted by atomic mass is 10.1. The van der Waals surface area contributed by atoms with Gasteiger partial charge in [-0.1, -0.05) is 18.2 Å². The van der Waals surface area contributed by atoms with Crippen molar-refractivity contribution in [3.8, 4) is 0 Å². The van der Waals surface area contributed by atoms with E-state index in [1.165, 1.54) is 0 Å². The first-order valence-corrected chi connectivity index (χ1v) is 6.76. The number of rotatable bonds is 2. The van der Waals surface area contributed by atoms with Crippen LogP contribution in [-0.4, -0.2) is 14.3 Å². The van der Waals surface area contributed by atoms with Crippen LogP contribution in [0.25, 0.3) is 0 Å². The molecule has 4 nitrogen and oxygen atoms in total. The molecule has 1 aromatic rings. The van der Waals surface area contributed by atoms with Gasteiger partial charge in [-0.3, -0.25) is 4.79 Å². The van der Waals surface area contributed by atoms with Gasteiger partial charge in [-0.15, -0.1) is 0 Å². The minimum absolute atomic E-state index is 0.121. The van der Waals surface area contributed by atoms with Gasteiger partial charge in [0.05, 0.1) is 12.2 Å². The van der Waals surface area contributed by atoms with Gasteiger partial charge in [0.2, 0.25) is 15.0 Å². The molecule has 0 saturated heterocycles. The van der Waals surface area contributed by atoms with Crippen molar-refractivity contribution in [2.75, 3.05) is 5.32 Å². The Morgan fingerprint density at radius 2 is 2.13 bits per heavy atom. The van der Waals surface area contributed by atoms with Gasteiger partial charge in [-0.05, 0) is 11.1 Å². The highest BCUT2D eigenvalue weighted by molar-refractivity contribution is 8.13. The number of halogens is 1. The Balaban J connectivity index is 2.43. The van der Waals surface area contributed by atoms with E-state index in [1.54, 1.807) is 18.2 Å². The highest BCUT2D eigenvalue weighted by atomic mass is 35.7. The van der Waals surface area contributed by atoms with Gasteiger partial charge in [0.15, 0.2) is 0 Å². The average molecular weight is 246 g/mol. The molecule has 0 fully saturated rings. The topological polar surface area (TPSA) is 63.2 Å². The molecule has 15 heavy (non-hydrogen) atoms. The van der Waals surface area contributed by atoms with Crippen LogP contribution in [0.1, 0.15) is 11.1 Å². The molecule has 1 heterocycles. The molecule has 1 aliphatic heterocycles. The van der Waals surface area contributed by atoms with Crippen LogP contribution in [-0.2, 0) is 26.0 Å². The van der Waals surface area contributed by atoms with E-state index in [9.17, 15) is 13.2 Å². The Morgan fingerprint density at radius 3 is 2.80 bits per heavy atom. The summed E-state index contributed by atoms with van der Waals surface area (Å²) in [5, 5.41) is 2.63. The fourth-order valence-corrected chi connectivity index (χ4v) is 2.59. The summed E-state index contributed by atoms with van der Waals surface area (Å²) in [4.78, 5) is 11.1. The van der Waals surface area contributed by atoms with Gasteiger partial charge in [0, 0.05) is 16.4 Å². The second-order valence-corrected chi connectivity index (χ2v) is 6.14.